The number of methoxy groups -OCH3 is 1. The molecule has 14 nitrogen and oxygen atoms in total. The molecule has 3 N–H and O–H groups in total. The third kappa shape index (κ3) is 10.6. The van der Waals surface area contributed by atoms with E-state index in [2.05, 4.69) is 80.1 Å². The average molecular weight is 874 g/mol. The smallest absolute Gasteiger partial charge is 0.414 e. The summed E-state index contributed by atoms with van der Waals surface area (Å²) in [7, 11) is 1.44. The highest BCUT2D eigenvalue weighted by Gasteiger charge is 2.33. The zero-order valence-corrected chi connectivity index (χ0v) is 36.8. The maximum Gasteiger partial charge on any atom is 0.414 e. The number of nitrogens with one attached hydrogen (secondary N) is 3. The van der Waals surface area contributed by atoms with Crippen molar-refractivity contribution < 1.29 is 23.8 Å². The molecule has 2 saturated carbocycles. The van der Waals surface area contributed by atoms with Gasteiger partial charge in [-0.05, 0) is 113 Å². The SMILES string of the molecule is COC(=O)N1c2ccc3c(nc(Cc4ccccc4)n3[C@@H]3CCC[C@H](OCCNCCNc4ccc(C(=O)NC5CCC(Oc6ccc(C#N)c(Cl)c6)CC5)nn4)C3)c2CC[C@@H]1C. The Bertz CT molecular complexity index is 2400. The first-order valence-corrected chi connectivity index (χ1v) is 22.7. The molecule has 2 fully saturated rings. The predicted molar refractivity (Wildman–Crippen MR) is 243 cm³/mol. The van der Waals surface area contributed by atoms with Gasteiger partial charge in [-0.2, -0.15) is 5.26 Å². The zero-order chi connectivity index (χ0) is 43.7. The topological polar surface area (TPSA) is 169 Å². The third-order valence-corrected chi connectivity index (χ3v) is 12.9. The lowest BCUT2D eigenvalue weighted by Gasteiger charge is -2.34. The summed E-state index contributed by atoms with van der Waals surface area (Å²) in [5, 5.41) is 27.7. The van der Waals surface area contributed by atoms with Crippen LogP contribution in [0.4, 0.5) is 16.3 Å². The molecule has 0 spiro atoms. The summed E-state index contributed by atoms with van der Waals surface area (Å²) in [5.41, 5.74) is 6.03. The van der Waals surface area contributed by atoms with Crippen molar-refractivity contribution in [1.82, 2.24) is 30.4 Å². The minimum absolute atomic E-state index is 0.0228. The van der Waals surface area contributed by atoms with E-state index < -0.39 is 0 Å². The lowest BCUT2D eigenvalue weighted by molar-refractivity contribution is 0.0171. The summed E-state index contributed by atoms with van der Waals surface area (Å²) in [6.07, 6.45) is 9.51. The molecule has 3 atom stereocenters. The zero-order valence-electron chi connectivity index (χ0n) is 36.0. The minimum atomic E-state index is -0.334. The van der Waals surface area contributed by atoms with Crippen LogP contribution >= 0.6 is 11.6 Å². The highest BCUT2D eigenvalue weighted by atomic mass is 35.5. The third-order valence-electron chi connectivity index (χ3n) is 12.6. The van der Waals surface area contributed by atoms with Crippen LogP contribution in [0.15, 0.2) is 72.8 Å². The number of imidazole rings is 1. The van der Waals surface area contributed by atoms with Crippen LogP contribution in [0.5, 0.6) is 5.75 Å². The summed E-state index contributed by atoms with van der Waals surface area (Å²) in [4.78, 5) is 32.9. The van der Waals surface area contributed by atoms with Crippen LogP contribution in [0, 0.1) is 11.3 Å². The lowest BCUT2D eigenvalue weighted by Crippen LogP contribution is -2.42. The quantitative estimate of drug-likeness (QED) is 0.0868. The fraction of sp³-hybridized carbons (Fsp3) is 0.458. The lowest BCUT2D eigenvalue weighted by atomic mass is 9.91. The first kappa shape index (κ1) is 43.9. The van der Waals surface area contributed by atoms with E-state index in [1.807, 2.05) is 6.07 Å². The number of aryl methyl sites for hydroxylation is 1. The van der Waals surface area contributed by atoms with Crippen molar-refractivity contribution in [3.8, 4) is 11.8 Å². The van der Waals surface area contributed by atoms with Gasteiger partial charge < -0.3 is 34.7 Å². The molecule has 0 saturated heterocycles. The second kappa shape index (κ2) is 20.6. The van der Waals surface area contributed by atoms with Crippen LogP contribution in [-0.2, 0) is 22.3 Å². The van der Waals surface area contributed by atoms with Gasteiger partial charge in [0, 0.05) is 55.8 Å². The summed E-state index contributed by atoms with van der Waals surface area (Å²) >= 11 is 6.15. The number of rotatable bonds is 15. The number of carbonyl (C=O) groups excluding carboxylic acids is 2. The van der Waals surface area contributed by atoms with Gasteiger partial charge in [-0.3, -0.25) is 9.69 Å². The summed E-state index contributed by atoms with van der Waals surface area (Å²) in [5.74, 6) is 2.05. The van der Waals surface area contributed by atoms with E-state index in [0.717, 1.165) is 105 Å². The fourth-order valence-corrected chi connectivity index (χ4v) is 9.54. The number of anilines is 2. The van der Waals surface area contributed by atoms with E-state index in [0.29, 0.717) is 41.8 Å². The molecule has 8 rings (SSSR count). The first-order valence-electron chi connectivity index (χ1n) is 22.3. The number of halogens is 1. The summed E-state index contributed by atoms with van der Waals surface area (Å²) in [6, 6.07) is 25.7. The minimum Gasteiger partial charge on any atom is -0.490 e. The molecule has 2 amide bonds. The molecule has 3 heterocycles. The van der Waals surface area contributed by atoms with Crippen LogP contribution in [0.25, 0.3) is 11.0 Å². The van der Waals surface area contributed by atoms with Crippen molar-refractivity contribution in [2.45, 2.75) is 108 Å². The van der Waals surface area contributed by atoms with Crippen molar-refractivity contribution in [3.05, 3.63) is 106 Å². The highest BCUT2D eigenvalue weighted by molar-refractivity contribution is 6.31. The second-order valence-electron chi connectivity index (χ2n) is 16.8. The van der Waals surface area contributed by atoms with E-state index in [1.165, 1.54) is 12.7 Å². The van der Waals surface area contributed by atoms with Gasteiger partial charge in [0.15, 0.2) is 5.69 Å². The monoisotopic (exact) mass is 873 g/mol. The molecule has 3 aliphatic rings. The van der Waals surface area contributed by atoms with Crippen molar-refractivity contribution in [1.29, 1.82) is 5.26 Å². The summed E-state index contributed by atoms with van der Waals surface area (Å²) < 4.78 is 20.2. The predicted octanol–water partition coefficient (Wildman–Crippen LogP) is 8.17. The molecule has 330 valence electrons. The number of hydrogen-bond donors (Lipinski definition) is 3. The average Bonchev–Trinajstić information content (AvgIpc) is 3.67. The van der Waals surface area contributed by atoms with E-state index in [9.17, 15) is 9.59 Å². The van der Waals surface area contributed by atoms with E-state index in [1.54, 1.807) is 35.2 Å². The number of benzene rings is 3. The molecular weight excluding hydrogens is 818 g/mol. The Morgan fingerprint density at radius 1 is 0.921 bits per heavy atom. The number of nitriles is 1. The van der Waals surface area contributed by atoms with Crippen LogP contribution < -0.4 is 25.6 Å². The van der Waals surface area contributed by atoms with Crippen molar-refractivity contribution in [3.63, 3.8) is 0 Å². The number of hydrogen-bond acceptors (Lipinski definition) is 11. The van der Waals surface area contributed by atoms with Crippen LogP contribution in [-0.4, -0.2) is 89.4 Å². The van der Waals surface area contributed by atoms with Crippen LogP contribution in [0.1, 0.15) is 104 Å². The molecule has 0 radical (unpaired) electrons. The number of fused-ring (bicyclic) bond motifs is 3. The molecule has 0 bridgehead atoms. The normalized spacial score (nSPS) is 21.0. The van der Waals surface area contributed by atoms with E-state index in [4.69, 9.17) is 36.1 Å². The maximum absolute atomic E-state index is 12.9. The molecule has 15 heteroatoms. The largest absolute Gasteiger partial charge is 0.490 e. The fourth-order valence-electron chi connectivity index (χ4n) is 9.33. The first-order chi connectivity index (χ1) is 30.8. The Kier molecular flexibility index (Phi) is 14.4. The van der Waals surface area contributed by atoms with Crippen LogP contribution in [0.2, 0.25) is 5.02 Å². The van der Waals surface area contributed by atoms with Gasteiger partial charge >= 0.3 is 6.09 Å². The summed E-state index contributed by atoms with van der Waals surface area (Å²) in [6.45, 7) is 4.76. The van der Waals surface area contributed by atoms with Gasteiger partial charge in [-0.1, -0.05) is 41.9 Å². The van der Waals surface area contributed by atoms with Crippen molar-refractivity contribution >= 4 is 46.1 Å². The number of amides is 2. The molecule has 1 aliphatic heterocycles. The molecule has 2 aliphatic carbocycles. The maximum atomic E-state index is 12.9. The van der Waals surface area contributed by atoms with Crippen molar-refractivity contribution in [2.24, 2.45) is 0 Å². The van der Waals surface area contributed by atoms with Gasteiger partial charge in [0.2, 0.25) is 0 Å². The Morgan fingerprint density at radius 3 is 2.52 bits per heavy atom. The molecule has 63 heavy (non-hydrogen) atoms. The molecule has 5 aromatic rings. The Balaban J connectivity index is 0.776. The standard InChI is InChI=1S/C48H56ClN9O5/c1-31-11-18-39-42(57(31)48(60)61-2)20-21-43-46(39)54-45(27-32-7-4-3-5-8-32)58(43)35-9-6-10-37(28-35)62-26-25-51-23-24-52-44-22-19-41(55-56-44)47(59)53-34-13-16-36(17-14-34)63-38-15-12-33(30-50)40(49)29-38/h3-5,7-8,12,15,19-22,29,31,34-37,51H,6,9-11,13-14,16-18,23-28H2,1-2H3,(H,52,56)(H,53,59)/t31-,34?,35+,36?,37-/m0/s1. The molecule has 2 aromatic heterocycles. The molecule has 3 aromatic carbocycles. The Hall–Kier alpha value is -5.75. The number of nitrogens with zero attached hydrogens (tertiary/aromatic N) is 6. The number of carbonyl (C=O) groups is 2. The van der Waals surface area contributed by atoms with E-state index in [-0.39, 0.29) is 48.0 Å². The molecular formula is C48H56ClN9O5. The Labute approximate surface area is 373 Å². The van der Waals surface area contributed by atoms with Gasteiger partial charge in [0.05, 0.1) is 53.2 Å². The number of aromatic nitrogens is 4. The Morgan fingerprint density at radius 2 is 1.76 bits per heavy atom. The van der Waals surface area contributed by atoms with Crippen molar-refractivity contribution in [2.75, 3.05) is 43.6 Å². The van der Waals surface area contributed by atoms with Gasteiger partial charge in [-0.15, -0.1) is 10.2 Å². The van der Waals surface area contributed by atoms with Gasteiger partial charge in [0.1, 0.15) is 23.5 Å². The van der Waals surface area contributed by atoms with Gasteiger partial charge in [-0.25, -0.2) is 9.78 Å². The second-order valence-corrected chi connectivity index (χ2v) is 17.2. The van der Waals surface area contributed by atoms with E-state index >= 15 is 0 Å². The molecule has 0 unspecified atom stereocenters. The highest BCUT2D eigenvalue weighted by Crippen LogP contribution is 2.40. The number of ether oxygens (including phenoxy) is 3. The van der Waals surface area contributed by atoms with Gasteiger partial charge in [0.25, 0.3) is 5.91 Å². The van der Waals surface area contributed by atoms with Crippen LogP contribution in [0.3, 0.4) is 0 Å².